The number of imidazole rings is 1. The molecule has 0 amide bonds. The van der Waals surface area contributed by atoms with Crippen molar-refractivity contribution in [1.82, 2.24) is 40.4 Å². The maximum atomic E-state index is 4.82. The topological polar surface area (TPSA) is 111 Å². The Morgan fingerprint density at radius 3 is 2.64 bits per heavy atom. The zero-order valence-electron chi connectivity index (χ0n) is 21.6. The largest absolute Gasteiger partial charge is 0.370 e. The number of rotatable bonds is 7. The number of aromatic nitrogens is 7. The molecule has 0 saturated carbocycles. The first-order chi connectivity index (χ1) is 19.3. The molecule has 194 valence electrons. The van der Waals surface area contributed by atoms with E-state index < -0.39 is 0 Å². The predicted octanol–water partition coefficient (Wildman–Crippen LogP) is 5.24. The molecule has 6 aromatic rings. The van der Waals surface area contributed by atoms with Crippen molar-refractivity contribution >= 4 is 27.8 Å². The van der Waals surface area contributed by atoms with Crippen LogP contribution in [0.4, 0.5) is 5.69 Å². The molecule has 0 unspecified atom stereocenters. The maximum Gasteiger partial charge on any atom is 0.180 e. The van der Waals surface area contributed by atoms with Crippen molar-refractivity contribution in [1.29, 1.82) is 0 Å². The zero-order valence-corrected chi connectivity index (χ0v) is 21.6. The fourth-order valence-corrected chi connectivity index (χ4v) is 5.33. The third kappa shape index (κ3) is 4.72. The molecule has 3 N–H and O–H groups in total. The number of hydrogen-bond acceptors (Lipinski definition) is 7. The van der Waals surface area contributed by atoms with Crippen molar-refractivity contribution in [3.05, 3.63) is 84.4 Å². The van der Waals surface area contributed by atoms with Crippen LogP contribution < -0.4 is 10.2 Å². The van der Waals surface area contributed by atoms with Crippen LogP contribution in [0.1, 0.15) is 30.4 Å². The number of fused-ring (bicyclic) bond motifs is 2. The molecule has 0 spiro atoms. The molecule has 9 heteroatoms. The van der Waals surface area contributed by atoms with E-state index in [0.29, 0.717) is 11.5 Å². The molecule has 0 bridgehead atoms. The lowest BCUT2D eigenvalue weighted by atomic mass is 10.1. The van der Waals surface area contributed by atoms with Crippen molar-refractivity contribution in [2.45, 2.75) is 32.4 Å². The minimum absolute atomic E-state index is 0.697. The lowest BCUT2D eigenvalue weighted by Gasteiger charge is -2.28. The molecule has 39 heavy (non-hydrogen) atoms. The number of pyridine rings is 3. The van der Waals surface area contributed by atoms with Crippen LogP contribution in [-0.2, 0) is 13.1 Å². The number of anilines is 1. The second-order valence-electron chi connectivity index (χ2n) is 10.0. The van der Waals surface area contributed by atoms with Gasteiger partial charge in [0.2, 0.25) is 0 Å². The molecule has 1 aromatic carbocycles. The summed E-state index contributed by atoms with van der Waals surface area (Å²) >= 11 is 0. The van der Waals surface area contributed by atoms with Gasteiger partial charge in [-0.3, -0.25) is 15.1 Å². The highest BCUT2D eigenvalue weighted by Gasteiger charge is 2.19. The van der Waals surface area contributed by atoms with Gasteiger partial charge in [-0.1, -0.05) is 30.3 Å². The number of nitrogens with one attached hydrogen (secondary N) is 3. The Bertz CT molecular complexity index is 1730. The molecule has 6 heterocycles. The highest BCUT2D eigenvalue weighted by molar-refractivity contribution is 5.95. The molecule has 1 saturated heterocycles. The van der Waals surface area contributed by atoms with Gasteiger partial charge >= 0.3 is 0 Å². The number of nitrogens with zero attached hydrogens (tertiary/aromatic N) is 6. The summed E-state index contributed by atoms with van der Waals surface area (Å²) in [6.07, 6.45) is 11.1. The third-order valence-corrected chi connectivity index (χ3v) is 7.33. The summed E-state index contributed by atoms with van der Waals surface area (Å²) in [5.41, 5.74) is 8.59. The molecule has 1 fully saturated rings. The summed E-state index contributed by atoms with van der Waals surface area (Å²) in [6, 6.07) is 16.7. The molecule has 1 aliphatic rings. The summed E-state index contributed by atoms with van der Waals surface area (Å²) in [5, 5.41) is 12.2. The van der Waals surface area contributed by atoms with Crippen molar-refractivity contribution in [2.75, 3.05) is 18.0 Å². The summed E-state index contributed by atoms with van der Waals surface area (Å²) < 4.78 is 0. The minimum atomic E-state index is 0.697. The lowest BCUT2D eigenvalue weighted by molar-refractivity contribution is 0.578. The van der Waals surface area contributed by atoms with E-state index in [1.807, 2.05) is 30.9 Å². The highest BCUT2D eigenvalue weighted by Crippen LogP contribution is 2.32. The fraction of sp³-hybridized carbons (Fsp3) is 0.233. The van der Waals surface area contributed by atoms with Gasteiger partial charge in [-0.15, -0.1) is 0 Å². The van der Waals surface area contributed by atoms with Crippen LogP contribution in [-0.4, -0.2) is 48.2 Å². The Morgan fingerprint density at radius 1 is 0.872 bits per heavy atom. The Balaban J connectivity index is 1.18. The molecule has 7 rings (SSSR count). The maximum absolute atomic E-state index is 4.82. The van der Waals surface area contributed by atoms with Gasteiger partial charge in [-0.05, 0) is 48.6 Å². The van der Waals surface area contributed by atoms with Crippen LogP contribution in [0.15, 0.2) is 73.3 Å². The van der Waals surface area contributed by atoms with E-state index >= 15 is 0 Å². The predicted molar refractivity (Wildman–Crippen MR) is 153 cm³/mol. The second kappa shape index (κ2) is 10.3. The Morgan fingerprint density at radius 2 is 1.74 bits per heavy atom. The Labute approximate surface area is 225 Å². The van der Waals surface area contributed by atoms with Gasteiger partial charge in [0.1, 0.15) is 11.2 Å². The molecule has 0 atom stereocenters. The smallest absolute Gasteiger partial charge is 0.180 e. The molecular weight excluding hydrogens is 486 g/mol. The van der Waals surface area contributed by atoms with E-state index in [-0.39, 0.29) is 0 Å². The van der Waals surface area contributed by atoms with Gasteiger partial charge in [0, 0.05) is 55.7 Å². The summed E-state index contributed by atoms with van der Waals surface area (Å²) in [7, 11) is 0. The van der Waals surface area contributed by atoms with E-state index in [2.05, 4.69) is 82.8 Å². The van der Waals surface area contributed by atoms with Crippen LogP contribution in [0.25, 0.3) is 44.8 Å². The standard InChI is InChI=1S/C30H29N9/c1-3-7-20(8-4-1)15-31-16-21-13-22(18-32-17-21)24-14-23-25(19-34-24)37-38-27(23)30-35-28-26(9-10-33-29(28)36-30)39-11-5-2-6-12-39/h1,3-4,7-10,13-14,17-19,31H,2,5-6,11-12,15-16H2,(H,37,38)(H,33,35,36). The number of hydrogen-bond donors (Lipinski definition) is 3. The number of aromatic amines is 2. The number of piperidine rings is 1. The number of benzene rings is 1. The van der Waals surface area contributed by atoms with Crippen LogP contribution in [0.3, 0.4) is 0 Å². The first-order valence-electron chi connectivity index (χ1n) is 13.4. The Kier molecular flexibility index (Phi) is 6.18. The summed E-state index contributed by atoms with van der Waals surface area (Å²) in [4.78, 5) is 24.5. The van der Waals surface area contributed by atoms with Gasteiger partial charge in [-0.25, -0.2) is 9.97 Å². The molecule has 9 nitrogen and oxygen atoms in total. The monoisotopic (exact) mass is 515 g/mol. The van der Waals surface area contributed by atoms with E-state index in [4.69, 9.17) is 4.98 Å². The first-order valence-corrected chi connectivity index (χ1v) is 13.4. The van der Waals surface area contributed by atoms with Gasteiger partial charge in [0.05, 0.1) is 23.1 Å². The minimum Gasteiger partial charge on any atom is -0.370 e. The molecule has 1 aliphatic heterocycles. The van der Waals surface area contributed by atoms with Gasteiger partial charge in [0.15, 0.2) is 11.5 Å². The van der Waals surface area contributed by atoms with Crippen molar-refractivity contribution in [2.24, 2.45) is 0 Å². The van der Waals surface area contributed by atoms with Crippen molar-refractivity contribution in [3.8, 4) is 22.8 Å². The van der Waals surface area contributed by atoms with E-state index in [0.717, 1.165) is 70.8 Å². The fourth-order valence-electron chi connectivity index (χ4n) is 5.33. The molecule has 0 aliphatic carbocycles. The van der Waals surface area contributed by atoms with E-state index in [1.54, 1.807) is 0 Å². The average Bonchev–Trinajstić information content (AvgIpc) is 3.62. The normalized spacial score (nSPS) is 13.9. The zero-order chi connectivity index (χ0) is 26.0. The van der Waals surface area contributed by atoms with Crippen LogP contribution >= 0.6 is 0 Å². The van der Waals surface area contributed by atoms with Gasteiger partial charge in [-0.2, -0.15) is 5.10 Å². The second-order valence-corrected chi connectivity index (χ2v) is 10.0. The van der Waals surface area contributed by atoms with Crippen LogP contribution in [0.5, 0.6) is 0 Å². The summed E-state index contributed by atoms with van der Waals surface area (Å²) in [6.45, 7) is 3.64. The van der Waals surface area contributed by atoms with Crippen LogP contribution in [0.2, 0.25) is 0 Å². The van der Waals surface area contributed by atoms with Gasteiger partial charge < -0.3 is 15.2 Å². The lowest BCUT2D eigenvalue weighted by Crippen LogP contribution is -2.29. The average molecular weight is 516 g/mol. The Hall–Kier alpha value is -4.63. The SMILES string of the molecule is c1ccc(CNCc2cncc(-c3cc4c(-c5nc6nccc(N7CCCCC7)c6[nH]5)n[nH]c4cn3)c2)cc1. The highest BCUT2D eigenvalue weighted by atomic mass is 15.2. The van der Waals surface area contributed by atoms with Crippen LogP contribution in [0, 0.1) is 0 Å². The van der Waals surface area contributed by atoms with Gasteiger partial charge in [0.25, 0.3) is 0 Å². The summed E-state index contributed by atoms with van der Waals surface area (Å²) in [5.74, 6) is 0.697. The molecule has 5 aromatic heterocycles. The quantitative estimate of drug-likeness (QED) is 0.267. The third-order valence-electron chi connectivity index (χ3n) is 7.33. The number of H-pyrrole nitrogens is 2. The molecular formula is C30H29N9. The molecule has 0 radical (unpaired) electrons. The van der Waals surface area contributed by atoms with E-state index in [1.165, 1.54) is 24.8 Å². The van der Waals surface area contributed by atoms with E-state index in [9.17, 15) is 0 Å². The van der Waals surface area contributed by atoms with Crippen molar-refractivity contribution < 1.29 is 0 Å². The first kappa shape index (κ1) is 23.5. The van der Waals surface area contributed by atoms with Crippen molar-refractivity contribution in [3.63, 3.8) is 0 Å².